The zero-order valence-corrected chi connectivity index (χ0v) is 17.3. The summed E-state index contributed by atoms with van der Waals surface area (Å²) >= 11 is 0. The van der Waals surface area contributed by atoms with Crippen molar-refractivity contribution in [2.45, 2.75) is 24.6 Å². The summed E-state index contributed by atoms with van der Waals surface area (Å²) in [6.07, 6.45) is -6.50. The minimum atomic E-state index is -4.92. The number of aliphatic hydroxyl groups is 1. The fraction of sp³-hybridized carbons (Fsp3) is 0.667. The van der Waals surface area contributed by atoms with Crippen LogP contribution in [0.5, 0.6) is 0 Å². The quantitative estimate of drug-likeness (QED) is 0.100. The molecule has 0 spiro atoms. The van der Waals surface area contributed by atoms with Crippen molar-refractivity contribution >= 4 is 39.1 Å². The van der Waals surface area contributed by atoms with E-state index < -0.39 is 89.3 Å². The Kier molecular flexibility index (Phi) is 10.9. The standard InChI is InChI=1S/C12H22N2O15P2/c15-7(16)3-6(10(18)19)14(8(11(20)21)9(17)12(22)23)2-1-13(4-30(24,25)26)5-31(27,28)29/h6,8-9,17H,1-5H2,(H,15,16)(H,18,19)(H,20,21)(H,22,23)(H2,24,25,26)(H2,27,28,29). The van der Waals surface area contributed by atoms with Gasteiger partial charge in [0.2, 0.25) is 0 Å². The maximum atomic E-state index is 11.5. The van der Waals surface area contributed by atoms with Crippen LogP contribution in [0.4, 0.5) is 0 Å². The molecule has 0 aromatic heterocycles. The van der Waals surface area contributed by atoms with Crippen LogP contribution in [0.25, 0.3) is 0 Å². The number of aliphatic hydroxyl groups excluding tert-OH is 1. The van der Waals surface area contributed by atoms with Crippen LogP contribution in [0.15, 0.2) is 0 Å². The van der Waals surface area contributed by atoms with Crippen LogP contribution >= 0.6 is 15.2 Å². The Morgan fingerprint density at radius 2 is 1.19 bits per heavy atom. The summed E-state index contributed by atoms with van der Waals surface area (Å²) in [7, 11) is -9.83. The monoisotopic (exact) mass is 496 g/mol. The topological polar surface area (TPSA) is 291 Å². The average molecular weight is 496 g/mol. The molecule has 0 heterocycles. The Balaban J connectivity index is 6.15. The number of hydrogen-bond donors (Lipinski definition) is 9. The lowest BCUT2D eigenvalue weighted by atomic mass is 10.0. The largest absolute Gasteiger partial charge is 0.481 e. The molecule has 0 aromatic carbocycles. The lowest BCUT2D eigenvalue weighted by Gasteiger charge is -2.35. The molecule has 0 saturated carbocycles. The molecule has 0 amide bonds. The second-order valence-corrected chi connectivity index (χ2v) is 9.49. The van der Waals surface area contributed by atoms with Gasteiger partial charge in [0.1, 0.15) is 24.7 Å². The average Bonchev–Trinajstić information content (AvgIpc) is 2.52. The second kappa shape index (κ2) is 11.6. The van der Waals surface area contributed by atoms with E-state index >= 15 is 0 Å². The van der Waals surface area contributed by atoms with Crippen LogP contribution in [-0.2, 0) is 28.3 Å². The normalized spacial score (nSPS) is 15.5. The van der Waals surface area contributed by atoms with E-state index in [1.165, 1.54) is 0 Å². The van der Waals surface area contributed by atoms with E-state index in [9.17, 15) is 43.6 Å². The number of carboxylic acids is 4. The lowest BCUT2D eigenvalue weighted by Crippen LogP contribution is -2.59. The number of hydrogen-bond acceptors (Lipinski definition) is 9. The molecule has 0 radical (unpaired) electrons. The summed E-state index contributed by atoms with van der Waals surface area (Å²) in [6, 6.07) is -4.75. The Labute approximate surface area is 173 Å². The Hall–Kier alpha value is -1.94. The first-order valence-electron chi connectivity index (χ1n) is 8.01. The Morgan fingerprint density at radius 1 is 0.742 bits per heavy atom. The van der Waals surface area contributed by atoms with Gasteiger partial charge in [0, 0.05) is 13.1 Å². The maximum absolute atomic E-state index is 11.5. The second-order valence-electron chi connectivity index (χ2n) is 6.26. The van der Waals surface area contributed by atoms with Gasteiger partial charge in [-0.3, -0.25) is 33.3 Å². The summed E-state index contributed by atoms with van der Waals surface area (Å²) < 4.78 is 22.4. The van der Waals surface area contributed by atoms with Gasteiger partial charge < -0.3 is 45.1 Å². The molecule has 9 N–H and O–H groups in total. The highest BCUT2D eigenvalue weighted by atomic mass is 31.2. The molecule has 0 aliphatic carbocycles. The number of carbonyl (C=O) groups is 4. The van der Waals surface area contributed by atoms with Crippen molar-refractivity contribution < 1.29 is 73.4 Å². The molecule has 0 rings (SSSR count). The molecule has 3 atom stereocenters. The van der Waals surface area contributed by atoms with Crippen molar-refractivity contribution in [3.8, 4) is 0 Å². The van der Waals surface area contributed by atoms with Gasteiger partial charge in [-0.15, -0.1) is 0 Å². The molecule has 31 heavy (non-hydrogen) atoms. The molecule has 180 valence electrons. The Bertz CT molecular complexity index is 752. The van der Waals surface area contributed by atoms with Gasteiger partial charge in [-0.2, -0.15) is 0 Å². The Morgan fingerprint density at radius 3 is 1.48 bits per heavy atom. The van der Waals surface area contributed by atoms with Crippen LogP contribution < -0.4 is 0 Å². The molecule has 0 fully saturated rings. The summed E-state index contributed by atoms with van der Waals surface area (Å²) in [5.41, 5.74) is 0. The number of rotatable bonds is 15. The van der Waals surface area contributed by atoms with E-state index in [0.717, 1.165) is 0 Å². The highest BCUT2D eigenvalue weighted by Gasteiger charge is 2.43. The van der Waals surface area contributed by atoms with E-state index in [1.807, 2.05) is 0 Å². The van der Waals surface area contributed by atoms with Crippen LogP contribution in [-0.4, -0.2) is 123 Å². The van der Waals surface area contributed by atoms with Crippen molar-refractivity contribution in [1.29, 1.82) is 0 Å². The third-order valence-corrected chi connectivity index (χ3v) is 5.20. The molecular weight excluding hydrogens is 474 g/mol. The van der Waals surface area contributed by atoms with E-state index in [2.05, 4.69) is 0 Å². The fourth-order valence-electron chi connectivity index (χ4n) is 2.56. The molecule has 0 bridgehead atoms. The number of carboxylic acid groups (broad SMARTS) is 4. The van der Waals surface area contributed by atoms with Crippen molar-refractivity contribution in [3.63, 3.8) is 0 Å². The van der Waals surface area contributed by atoms with Crippen molar-refractivity contribution in [3.05, 3.63) is 0 Å². The molecule has 0 saturated heterocycles. The first-order valence-corrected chi connectivity index (χ1v) is 11.6. The van der Waals surface area contributed by atoms with E-state index in [4.69, 9.17) is 29.8 Å². The van der Waals surface area contributed by atoms with Gasteiger partial charge in [0.25, 0.3) is 0 Å². The first-order chi connectivity index (χ1) is 13.9. The molecule has 3 unspecified atom stereocenters. The smallest absolute Gasteiger partial charge is 0.339 e. The summed E-state index contributed by atoms with van der Waals surface area (Å²) in [5, 5.41) is 46.1. The fourth-order valence-corrected chi connectivity index (χ4v) is 4.24. The SMILES string of the molecule is O=C(O)CC(C(=O)O)N(CCN(CP(=O)(O)O)CP(=O)(O)O)C(C(=O)O)C(O)C(=O)O. The van der Waals surface area contributed by atoms with Gasteiger partial charge in [-0.25, -0.2) is 4.79 Å². The van der Waals surface area contributed by atoms with E-state index in [-0.39, 0.29) is 4.90 Å². The highest BCUT2D eigenvalue weighted by molar-refractivity contribution is 7.52. The van der Waals surface area contributed by atoms with Gasteiger partial charge in [-0.1, -0.05) is 0 Å². The molecule has 19 heteroatoms. The predicted octanol–water partition coefficient (Wildman–Crippen LogP) is -3.31. The molecule has 0 aromatic rings. The minimum absolute atomic E-state index is 0.240. The number of nitrogens with zero attached hydrogens (tertiary/aromatic N) is 2. The lowest BCUT2D eigenvalue weighted by molar-refractivity contribution is -0.167. The zero-order valence-electron chi connectivity index (χ0n) is 15.5. The third kappa shape index (κ3) is 11.3. The van der Waals surface area contributed by atoms with E-state index in [1.54, 1.807) is 0 Å². The van der Waals surface area contributed by atoms with Crippen LogP contribution in [0.3, 0.4) is 0 Å². The van der Waals surface area contributed by atoms with Gasteiger partial charge >= 0.3 is 39.1 Å². The van der Waals surface area contributed by atoms with E-state index in [0.29, 0.717) is 4.90 Å². The molecule has 17 nitrogen and oxygen atoms in total. The van der Waals surface area contributed by atoms with Crippen LogP contribution in [0.1, 0.15) is 6.42 Å². The first kappa shape index (κ1) is 29.1. The third-order valence-electron chi connectivity index (χ3n) is 3.66. The summed E-state index contributed by atoms with van der Waals surface area (Å²) in [5.74, 6) is -7.83. The summed E-state index contributed by atoms with van der Waals surface area (Å²) in [4.78, 5) is 82.0. The predicted molar refractivity (Wildman–Crippen MR) is 96.0 cm³/mol. The van der Waals surface area contributed by atoms with Gasteiger partial charge in [0.15, 0.2) is 6.10 Å². The zero-order chi connectivity index (χ0) is 24.7. The van der Waals surface area contributed by atoms with Crippen LogP contribution in [0.2, 0.25) is 0 Å². The highest BCUT2D eigenvalue weighted by Crippen LogP contribution is 2.40. The van der Waals surface area contributed by atoms with Crippen LogP contribution in [0, 0.1) is 0 Å². The van der Waals surface area contributed by atoms with Crippen molar-refractivity contribution in [2.24, 2.45) is 0 Å². The molecule has 0 aliphatic rings. The molecular formula is C12H22N2O15P2. The van der Waals surface area contributed by atoms with Crippen molar-refractivity contribution in [2.75, 3.05) is 25.7 Å². The maximum Gasteiger partial charge on any atom is 0.339 e. The van der Waals surface area contributed by atoms with Crippen molar-refractivity contribution in [1.82, 2.24) is 9.80 Å². The number of aliphatic carboxylic acids is 4. The van der Waals surface area contributed by atoms with Gasteiger partial charge in [0.05, 0.1) is 6.42 Å². The summed E-state index contributed by atoms with van der Waals surface area (Å²) in [6.45, 7) is -1.79. The van der Waals surface area contributed by atoms with Gasteiger partial charge in [-0.05, 0) is 0 Å². The minimum Gasteiger partial charge on any atom is -0.481 e. The molecule has 0 aliphatic heterocycles.